The molecule has 0 saturated carbocycles. The third kappa shape index (κ3) is 3.72. The number of halogens is 2. The van der Waals surface area contributed by atoms with Crippen LogP contribution in [0.2, 0.25) is 0 Å². The van der Waals surface area contributed by atoms with E-state index in [-0.39, 0.29) is 0 Å². The van der Waals surface area contributed by atoms with Crippen LogP contribution in [0, 0.1) is 0 Å². The molecular weight excluding hydrogens is 300 g/mol. The van der Waals surface area contributed by atoms with Crippen LogP contribution in [0.15, 0.2) is 21.2 Å². The summed E-state index contributed by atoms with van der Waals surface area (Å²) in [7, 11) is 0. The zero-order valence-electron chi connectivity index (χ0n) is 7.18. The lowest BCUT2D eigenvalue weighted by molar-refractivity contribution is 0.0455. The minimum Gasteiger partial charge on any atom is -0.302 e. The zero-order valence-corrected chi connectivity index (χ0v) is 10.4. The number of pyridine rings is 1. The number of hydrogen-bond donors (Lipinski definition) is 1. The number of aromatic nitrogens is 1. The van der Waals surface area contributed by atoms with E-state index in [4.69, 9.17) is 4.84 Å². The van der Waals surface area contributed by atoms with Crippen molar-refractivity contribution in [2.45, 2.75) is 13.5 Å². The average molecular weight is 310 g/mol. The van der Waals surface area contributed by atoms with Crippen molar-refractivity contribution in [2.75, 3.05) is 6.61 Å². The summed E-state index contributed by atoms with van der Waals surface area (Å²) in [5.41, 5.74) is 3.73. The predicted octanol–water partition coefficient (Wildman–Crippen LogP) is 2.65. The number of nitrogens with zero attached hydrogens (tertiary/aromatic N) is 1. The second kappa shape index (κ2) is 5.70. The summed E-state index contributed by atoms with van der Waals surface area (Å²) < 4.78 is 1.92. The molecule has 1 aromatic heterocycles. The maximum Gasteiger partial charge on any atom is 0.0708 e. The van der Waals surface area contributed by atoms with Crippen LogP contribution in [0.1, 0.15) is 12.6 Å². The average Bonchev–Trinajstić information content (AvgIpc) is 2.09. The highest BCUT2D eigenvalue weighted by atomic mass is 79.9. The standard InChI is InChI=1S/C8H10Br2N2O/c1-2-13-12-5-8-7(10)3-6(9)4-11-8/h3-4,12H,2,5H2,1H3. The summed E-state index contributed by atoms with van der Waals surface area (Å²) in [5, 5.41) is 0. The summed E-state index contributed by atoms with van der Waals surface area (Å²) in [4.78, 5) is 9.21. The van der Waals surface area contributed by atoms with Crippen LogP contribution in [-0.4, -0.2) is 11.6 Å². The van der Waals surface area contributed by atoms with E-state index < -0.39 is 0 Å². The first-order chi connectivity index (χ1) is 6.24. The summed E-state index contributed by atoms with van der Waals surface area (Å²) in [6.45, 7) is 3.17. The van der Waals surface area contributed by atoms with E-state index in [0.717, 1.165) is 14.6 Å². The lowest BCUT2D eigenvalue weighted by Gasteiger charge is -2.05. The zero-order chi connectivity index (χ0) is 9.68. The molecule has 1 N–H and O–H groups in total. The monoisotopic (exact) mass is 308 g/mol. The Kier molecular flexibility index (Phi) is 4.87. The number of hydroxylamine groups is 1. The first-order valence-corrected chi connectivity index (χ1v) is 5.47. The van der Waals surface area contributed by atoms with Gasteiger partial charge in [0.15, 0.2) is 0 Å². The molecule has 0 aliphatic rings. The van der Waals surface area contributed by atoms with E-state index in [0.29, 0.717) is 13.2 Å². The first-order valence-electron chi connectivity index (χ1n) is 3.88. The molecule has 0 saturated heterocycles. The molecule has 0 atom stereocenters. The number of rotatable bonds is 4. The fourth-order valence-electron chi connectivity index (χ4n) is 0.794. The maximum absolute atomic E-state index is 5.00. The molecule has 0 aliphatic carbocycles. The van der Waals surface area contributed by atoms with Gasteiger partial charge in [-0.2, -0.15) is 5.48 Å². The highest BCUT2D eigenvalue weighted by Gasteiger charge is 2.01. The fraction of sp³-hybridized carbons (Fsp3) is 0.375. The molecule has 0 radical (unpaired) electrons. The Morgan fingerprint density at radius 3 is 2.92 bits per heavy atom. The maximum atomic E-state index is 5.00. The Hall–Kier alpha value is 0.0300. The minimum atomic E-state index is 0.599. The molecule has 1 heterocycles. The molecule has 0 aromatic carbocycles. The van der Waals surface area contributed by atoms with E-state index in [9.17, 15) is 0 Å². The quantitative estimate of drug-likeness (QED) is 0.686. The molecule has 5 heteroatoms. The second-order valence-corrected chi connectivity index (χ2v) is 4.11. The molecule has 0 aliphatic heterocycles. The van der Waals surface area contributed by atoms with Crippen molar-refractivity contribution in [3.8, 4) is 0 Å². The van der Waals surface area contributed by atoms with Crippen LogP contribution < -0.4 is 5.48 Å². The van der Waals surface area contributed by atoms with Gasteiger partial charge >= 0.3 is 0 Å². The number of nitrogens with one attached hydrogen (secondary N) is 1. The van der Waals surface area contributed by atoms with Crippen molar-refractivity contribution in [3.05, 3.63) is 26.9 Å². The smallest absolute Gasteiger partial charge is 0.0708 e. The van der Waals surface area contributed by atoms with Gasteiger partial charge in [0.2, 0.25) is 0 Å². The van der Waals surface area contributed by atoms with Crippen molar-refractivity contribution in [1.29, 1.82) is 0 Å². The lowest BCUT2D eigenvalue weighted by atomic mass is 10.3. The van der Waals surface area contributed by atoms with Crippen molar-refractivity contribution in [3.63, 3.8) is 0 Å². The van der Waals surface area contributed by atoms with Crippen LogP contribution in [0.3, 0.4) is 0 Å². The Morgan fingerprint density at radius 2 is 2.31 bits per heavy atom. The Morgan fingerprint density at radius 1 is 1.54 bits per heavy atom. The summed E-state index contributed by atoms with van der Waals surface area (Å²) >= 11 is 6.75. The van der Waals surface area contributed by atoms with E-state index in [1.807, 2.05) is 13.0 Å². The molecule has 1 rings (SSSR count). The summed E-state index contributed by atoms with van der Waals surface area (Å²) in [6.07, 6.45) is 1.76. The van der Waals surface area contributed by atoms with Crippen molar-refractivity contribution >= 4 is 31.9 Å². The molecule has 0 spiro atoms. The van der Waals surface area contributed by atoms with Crippen LogP contribution in [0.25, 0.3) is 0 Å². The van der Waals surface area contributed by atoms with E-state index >= 15 is 0 Å². The fourth-order valence-corrected chi connectivity index (χ4v) is 1.92. The van der Waals surface area contributed by atoms with Gasteiger partial charge in [-0.3, -0.25) is 4.98 Å². The van der Waals surface area contributed by atoms with Gasteiger partial charge in [0.1, 0.15) is 0 Å². The minimum absolute atomic E-state index is 0.599. The SMILES string of the molecule is CCONCc1ncc(Br)cc1Br. The van der Waals surface area contributed by atoms with Crippen molar-refractivity contribution in [1.82, 2.24) is 10.5 Å². The van der Waals surface area contributed by atoms with Gasteiger partial charge in [-0.25, -0.2) is 0 Å². The topological polar surface area (TPSA) is 34.1 Å². The molecule has 0 amide bonds. The number of hydrogen-bond acceptors (Lipinski definition) is 3. The van der Waals surface area contributed by atoms with Crippen LogP contribution in [-0.2, 0) is 11.4 Å². The highest BCUT2D eigenvalue weighted by Crippen LogP contribution is 2.19. The van der Waals surface area contributed by atoms with Crippen molar-refractivity contribution < 1.29 is 4.84 Å². The molecule has 13 heavy (non-hydrogen) atoms. The van der Waals surface area contributed by atoms with E-state index in [1.165, 1.54) is 0 Å². The first kappa shape index (κ1) is 11.1. The highest BCUT2D eigenvalue weighted by molar-refractivity contribution is 9.11. The third-order valence-corrected chi connectivity index (χ3v) is 2.49. The molecule has 72 valence electrons. The second-order valence-electron chi connectivity index (χ2n) is 2.34. The summed E-state index contributed by atoms with van der Waals surface area (Å²) in [6, 6.07) is 1.95. The molecule has 1 aromatic rings. The van der Waals surface area contributed by atoms with Gasteiger partial charge in [-0.15, -0.1) is 0 Å². The Labute approximate surface area is 94.1 Å². The molecule has 0 fully saturated rings. The van der Waals surface area contributed by atoms with Gasteiger partial charge in [-0.05, 0) is 44.8 Å². The van der Waals surface area contributed by atoms with Gasteiger partial charge in [0.25, 0.3) is 0 Å². The third-order valence-electron chi connectivity index (χ3n) is 1.37. The van der Waals surface area contributed by atoms with Gasteiger partial charge in [0.05, 0.1) is 18.8 Å². The molecule has 3 nitrogen and oxygen atoms in total. The molecule has 0 unspecified atom stereocenters. The molecule has 0 bridgehead atoms. The Bertz CT molecular complexity index is 281. The van der Waals surface area contributed by atoms with E-state index in [1.54, 1.807) is 6.20 Å². The molecular formula is C8H10Br2N2O. The lowest BCUT2D eigenvalue weighted by Crippen LogP contribution is -2.14. The largest absolute Gasteiger partial charge is 0.302 e. The van der Waals surface area contributed by atoms with E-state index in [2.05, 4.69) is 42.3 Å². The Balaban J connectivity index is 2.56. The normalized spacial score (nSPS) is 10.4. The van der Waals surface area contributed by atoms with Gasteiger partial charge in [-0.1, -0.05) is 0 Å². The predicted molar refractivity (Wildman–Crippen MR) is 58.1 cm³/mol. The van der Waals surface area contributed by atoms with Gasteiger partial charge < -0.3 is 4.84 Å². The van der Waals surface area contributed by atoms with Crippen LogP contribution in [0.5, 0.6) is 0 Å². The van der Waals surface area contributed by atoms with Crippen LogP contribution >= 0.6 is 31.9 Å². The van der Waals surface area contributed by atoms with Crippen molar-refractivity contribution in [2.24, 2.45) is 0 Å². The van der Waals surface area contributed by atoms with Gasteiger partial charge in [0, 0.05) is 15.1 Å². The summed E-state index contributed by atoms with van der Waals surface area (Å²) in [5.74, 6) is 0. The van der Waals surface area contributed by atoms with Crippen LogP contribution in [0.4, 0.5) is 0 Å².